The summed E-state index contributed by atoms with van der Waals surface area (Å²) in [5.41, 5.74) is 0. The Morgan fingerprint density at radius 2 is 1.73 bits per heavy atom. The molecule has 0 atom stereocenters. The highest BCUT2D eigenvalue weighted by Gasteiger charge is 2.28. The van der Waals surface area contributed by atoms with E-state index in [-0.39, 0.29) is 0 Å². The summed E-state index contributed by atoms with van der Waals surface area (Å²) < 4.78 is 5.55. The number of rotatable bonds is 2. The Morgan fingerprint density at radius 1 is 1.18 bits per heavy atom. The summed E-state index contributed by atoms with van der Waals surface area (Å²) in [5, 5.41) is 0. The van der Waals surface area contributed by atoms with Crippen LogP contribution >= 0.6 is 22.2 Å². The third-order valence-electron chi connectivity index (χ3n) is 1.93. The molecule has 0 aromatic heterocycles. The van der Waals surface area contributed by atoms with Gasteiger partial charge in [0.2, 0.25) is 0 Å². The van der Waals surface area contributed by atoms with Crippen LogP contribution in [0, 0.1) is 0 Å². The van der Waals surface area contributed by atoms with Crippen molar-refractivity contribution in [2.45, 2.75) is 44.8 Å². The van der Waals surface area contributed by atoms with E-state index in [9.17, 15) is 0 Å². The topological polar surface area (TPSA) is 9.23 Å². The summed E-state index contributed by atoms with van der Waals surface area (Å²) in [4.78, 5) is 0. The Kier molecular flexibility index (Phi) is 3.69. The van der Waals surface area contributed by atoms with Crippen molar-refractivity contribution < 1.29 is 4.43 Å². The molecule has 0 aromatic rings. The summed E-state index contributed by atoms with van der Waals surface area (Å²) in [5.74, 6) is 0. The first-order valence-electron chi connectivity index (χ1n) is 4.13. The van der Waals surface area contributed by atoms with Gasteiger partial charge in [0.15, 0.2) is 0 Å². The van der Waals surface area contributed by atoms with Crippen molar-refractivity contribution in [1.29, 1.82) is 0 Å². The Bertz CT molecular complexity index is 118. The van der Waals surface area contributed by atoms with Gasteiger partial charge in [0.1, 0.15) is 0 Å². The van der Waals surface area contributed by atoms with Crippen LogP contribution in [0.4, 0.5) is 0 Å². The molecule has 4 heteroatoms. The second kappa shape index (κ2) is 4.12. The van der Waals surface area contributed by atoms with Gasteiger partial charge in [0.25, 0.3) is 0 Å². The lowest BCUT2D eigenvalue weighted by atomic mass is 9.98. The van der Waals surface area contributed by atoms with E-state index in [1.165, 1.54) is 19.3 Å². The Morgan fingerprint density at radius 3 is 2.18 bits per heavy atom. The van der Waals surface area contributed by atoms with Crippen LogP contribution in [0.15, 0.2) is 0 Å². The van der Waals surface area contributed by atoms with Crippen molar-refractivity contribution in [1.82, 2.24) is 0 Å². The van der Waals surface area contributed by atoms with E-state index in [0.29, 0.717) is 6.10 Å². The fourth-order valence-corrected chi connectivity index (χ4v) is 3.05. The molecule has 1 aliphatic rings. The molecular weight excluding hydrogens is 199 g/mol. The van der Waals surface area contributed by atoms with Gasteiger partial charge >= 0.3 is 6.94 Å². The smallest absolute Gasteiger partial charge is 0.386 e. The van der Waals surface area contributed by atoms with Gasteiger partial charge in [0.05, 0.1) is 0 Å². The molecule has 0 aliphatic heterocycles. The lowest BCUT2D eigenvalue weighted by molar-refractivity contribution is 0.157. The lowest BCUT2D eigenvalue weighted by Gasteiger charge is -2.25. The Balaban J connectivity index is 2.24. The van der Waals surface area contributed by atoms with Gasteiger partial charge in [-0.15, -0.1) is 22.2 Å². The molecule has 0 heterocycles. The van der Waals surface area contributed by atoms with Crippen LogP contribution in [0.25, 0.3) is 0 Å². The Hall–Kier alpha value is 0.757. The van der Waals surface area contributed by atoms with Crippen molar-refractivity contribution in [2.24, 2.45) is 0 Å². The molecule has 0 aromatic carbocycles. The molecule has 1 saturated carbocycles. The van der Waals surface area contributed by atoms with Gasteiger partial charge in [-0.05, 0) is 19.4 Å². The van der Waals surface area contributed by atoms with Crippen LogP contribution in [0.1, 0.15) is 32.1 Å². The number of halogens is 2. The molecule has 0 unspecified atom stereocenters. The molecule has 66 valence electrons. The third kappa shape index (κ3) is 4.36. The van der Waals surface area contributed by atoms with Crippen molar-refractivity contribution in [2.75, 3.05) is 0 Å². The zero-order chi connectivity index (χ0) is 8.32. The fourth-order valence-electron chi connectivity index (χ4n) is 1.48. The lowest BCUT2D eigenvalue weighted by Crippen LogP contribution is -2.29. The van der Waals surface area contributed by atoms with Gasteiger partial charge < -0.3 is 4.43 Å². The highest BCUT2D eigenvalue weighted by molar-refractivity contribution is 7.41. The van der Waals surface area contributed by atoms with E-state index in [1.54, 1.807) is 0 Å². The van der Waals surface area contributed by atoms with Gasteiger partial charge in [-0.3, -0.25) is 0 Å². The summed E-state index contributed by atoms with van der Waals surface area (Å²) in [6.07, 6.45) is 6.49. The van der Waals surface area contributed by atoms with Gasteiger partial charge in [-0.25, -0.2) is 0 Å². The van der Waals surface area contributed by atoms with E-state index in [0.717, 1.165) is 12.8 Å². The van der Waals surface area contributed by atoms with Crippen molar-refractivity contribution in [3.63, 3.8) is 0 Å². The summed E-state index contributed by atoms with van der Waals surface area (Å²) in [6.45, 7) is -0.490. The van der Waals surface area contributed by atoms with Crippen LogP contribution in [-0.2, 0) is 4.43 Å². The predicted octanol–water partition coefficient (Wildman–Crippen LogP) is 3.38. The quantitative estimate of drug-likeness (QED) is 0.504. The van der Waals surface area contributed by atoms with E-state index >= 15 is 0 Å². The van der Waals surface area contributed by atoms with Crippen molar-refractivity contribution in [3.05, 3.63) is 0 Å². The van der Waals surface area contributed by atoms with E-state index in [2.05, 4.69) is 0 Å². The van der Waals surface area contributed by atoms with Crippen LogP contribution in [0.5, 0.6) is 0 Å². The van der Waals surface area contributed by atoms with Gasteiger partial charge in [-0.2, -0.15) is 0 Å². The summed E-state index contributed by atoms with van der Waals surface area (Å²) >= 11 is 11.7. The Labute approximate surface area is 78.6 Å². The molecule has 11 heavy (non-hydrogen) atoms. The average Bonchev–Trinajstić information content (AvgIpc) is 1.85. The third-order valence-corrected chi connectivity index (χ3v) is 3.21. The largest absolute Gasteiger partial charge is 0.389 e. The standard InChI is InChI=1S/C7H14Cl2OSi/c1-11(8,9)10-7-5-3-2-4-6-7/h7H,2-6H2,1H3. The van der Waals surface area contributed by atoms with E-state index < -0.39 is 6.94 Å². The second-order valence-corrected chi connectivity index (χ2v) is 9.94. The zero-order valence-electron chi connectivity index (χ0n) is 6.78. The maximum Gasteiger partial charge on any atom is 0.386 e. The van der Waals surface area contributed by atoms with Crippen molar-refractivity contribution >= 4 is 29.1 Å². The van der Waals surface area contributed by atoms with E-state index in [1.807, 2.05) is 6.55 Å². The maximum absolute atomic E-state index is 5.85. The first-order chi connectivity index (χ1) is 5.08. The normalized spacial score (nSPS) is 22.1. The summed E-state index contributed by atoms with van der Waals surface area (Å²) in [7, 11) is 0. The molecule has 0 radical (unpaired) electrons. The molecular formula is C7H14Cl2OSi. The molecule has 0 saturated heterocycles. The van der Waals surface area contributed by atoms with Gasteiger partial charge in [0, 0.05) is 6.10 Å². The molecule has 1 nitrogen and oxygen atoms in total. The molecule has 0 amide bonds. The van der Waals surface area contributed by atoms with Crippen LogP contribution < -0.4 is 0 Å². The van der Waals surface area contributed by atoms with Crippen molar-refractivity contribution in [3.8, 4) is 0 Å². The highest BCUT2D eigenvalue weighted by atomic mass is 35.7. The molecule has 1 fully saturated rings. The number of hydrogen-bond acceptors (Lipinski definition) is 1. The van der Waals surface area contributed by atoms with E-state index in [4.69, 9.17) is 26.6 Å². The number of hydrogen-bond donors (Lipinski definition) is 0. The maximum atomic E-state index is 5.85. The fraction of sp³-hybridized carbons (Fsp3) is 1.00. The zero-order valence-corrected chi connectivity index (χ0v) is 9.29. The van der Waals surface area contributed by atoms with Crippen LogP contribution in [-0.4, -0.2) is 13.0 Å². The highest BCUT2D eigenvalue weighted by Crippen LogP contribution is 2.26. The van der Waals surface area contributed by atoms with Gasteiger partial charge in [-0.1, -0.05) is 19.3 Å². The molecule has 0 spiro atoms. The monoisotopic (exact) mass is 212 g/mol. The predicted molar refractivity (Wildman–Crippen MR) is 51.3 cm³/mol. The summed E-state index contributed by atoms with van der Waals surface area (Å²) in [6, 6.07) is 0. The minimum Gasteiger partial charge on any atom is -0.389 e. The second-order valence-electron chi connectivity index (χ2n) is 3.19. The molecule has 0 bridgehead atoms. The van der Waals surface area contributed by atoms with Crippen LogP contribution in [0.2, 0.25) is 6.55 Å². The SMILES string of the molecule is C[Si](Cl)(Cl)OC1CCCCC1. The first-order valence-corrected chi connectivity index (χ1v) is 8.57. The molecule has 1 rings (SSSR count). The minimum absolute atomic E-state index is 0.343. The molecule has 1 aliphatic carbocycles. The van der Waals surface area contributed by atoms with Crippen LogP contribution in [0.3, 0.4) is 0 Å². The average molecular weight is 213 g/mol. The minimum atomic E-state index is -2.30. The molecule has 0 N–H and O–H groups in total. The first kappa shape index (κ1) is 9.84.